The Morgan fingerprint density at radius 2 is 2.21 bits per heavy atom. The van der Waals surface area contributed by atoms with E-state index < -0.39 is 0 Å². The lowest BCUT2D eigenvalue weighted by atomic mass is 9.76. The van der Waals surface area contributed by atoms with Gasteiger partial charge in [-0.25, -0.2) is 0 Å². The maximum absolute atomic E-state index is 12.5. The molecule has 1 amide bonds. The van der Waals surface area contributed by atoms with Crippen LogP contribution in [0.25, 0.3) is 0 Å². The SMILES string of the molecule is CC(C)c1cc(C(=O)NC(Cc2ccccn2)C2CC(O)C2)no1. The number of carbonyl (C=O) groups excluding carboxylic acids is 1. The van der Waals surface area contributed by atoms with Crippen molar-refractivity contribution in [3.05, 3.63) is 47.6 Å². The Morgan fingerprint density at radius 1 is 1.42 bits per heavy atom. The molecule has 0 aliphatic heterocycles. The molecule has 128 valence electrons. The first-order chi connectivity index (χ1) is 11.5. The maximum Gasteiger partial charge on any atom is 0.273 e. The lowest BCUT2D eigenvalue weighted by Crippen LogP contribution is -2.48. The quantitative estimate of drug-likeness (QED) is 0.849. The fourth-order valence-electron chi connectivity index (χ4n) is 2.95. The van der Waals surface area contributed by atoms with E-state index in [-0.39, 0.29) is 29.9 Å². The number of pyridine rings is 1. The van der Waals surface area contributed by atoms with Crippen molar-refractivity contribution >= 4 is 5.91 Å². The summed E-state index contributed by atoms with van der Waals surface area (Å²) in [6.45, 7) is 3.98. The molecule has 1 atom stereocenters. The van der Waals surface area contributed by atoms with E-state index in [0.717, 1.165) is 5.69 Å². The van der Waals surface area contributed by atoms with Gasteiger partial charge >= 0.3 is 0 Å². The number of carbonyl (C=O) groups is 1. The number of aliphatic hydroxyl groups excluding tert-OH is 1. The molecule has 1 unspecified atom stereocenters. The topological polar surface area (TPSA) is 88.2 Å². The summed E-state index contributed by atoms with van der Waals surface area (Å²) in [6.07, 6.45) is 3.52. The van der Waals surface area contributed by atoms with Crippen LogP contribution in [0.3, 0.4) is 0 Å². The smallest absolute Gasteiger partial charge is 0.273 e. The minimum absolute atomic E-state index is 0.0741. The van der Waals surface area contributed by atoms with Gasteiger partial charge in [0.1, 0.15) is 5.76 Å². The van der Waals surface area contributed by atoms with E-state index in [1.54, 1.807) is 12.3 Å². The zero-order valence-electron chi connectivity index (χ0n) is 14.0. The second-order valence-corrected chi connectivity index (χ2v) is 6.76. The Balaban J connectivity index is 1.69. The van der Waals surface area contributed by atoms with E-state index in [1.165, 1.54) is 0 Å². The highest BCUT2D eigenvalue weighted by atomic mass is 16.5. The van der Waals surface area contributed by atoms with Crippen molar-refractivity contribution in [3.63, 3.8) is 0 Å². The number of aliphatic hydroxyl groups is 1. The fourth-order valence-corrected chi connectivity index (χ4v) is 2.95. The minimum atomic E-state index is -0.266. The highest BCUT2D eigenvalue weighted by Crippen LogP contribution is 2.31. The van der Waals surface area contributed by atoms with Crippen molar-refractivity contribution in [2.24, 2.45) is 5.92 Å². The Hall–Kier alpha value is -2.21. The minimum Gasteiger partial charge on any atom is -0.393 e. The summed E-state index contributed by atoms with van der Waals surface area (Å²) >= 11 is 0. The lowest BCUT2D eigenvalue weighted by molar-refractivity contribution is 0.0237. The van der Waals surface area contributed by atoms with Crippen LogP contribution in [0.15, 0.2) is 35.0 Å². The summed E-state index contributed by atoms with van der Waals surface area (Å²) in [6, 6.07) is 7.36. The predicted octanol–water partition coefficient (Wildman–Crippen LogP) is 2.31. The highest BCUT2D eigenvalue weighted by Gasteiger charge is 2.35. The summed E-state index contributed by atoms with van der Waals surface area (Å²) in [4.78, 5) is 16.8. The number of hydrogen-bond acceptors (Lipinski definition) is 5. The molecular formula is C18H23N3O3. The van der Waals surface area contributed by atoms with E-state index in [1.807, 2.05) is 32.0 Å². The summed E-state index contributed by atoms with van der Waals surface area (Å²) < 4.78 is 5.20. The predicted molar refractivity (Wildman–Crippen MR) is 88.5 cm³/mol. The summed E-state index contributed by atoms with van der Waals surface area (Å²) in [5.41, 5.74) is 1.22. The third-order valence-corrected chi connectivity index (χ3v) is 4.52. The van der Waals surface area contributed by atoms with Gasteiger partial charge in [-0.2, -0.15) is 0 Å². The van der Waals surface area contributed by atoms with Crippen LogP contribution in [0.2, 0.25) is 0 Å². The first-order valence-electron chi connectivity index (χ1n) is 8.38. The molecule has 1 fully saturated rings. The second kappa shape index (κ2) is 7.13. The van der Waals surface area contributed by atoms with Crippen LogP contribution in [0, 0.1) is 5.92 Å². The monoisotopic (exact) mass is 329 g/mol. The molecule has 0 aromatic carbocycles. The number of hydrogen-bond donors (Lipinski definition) is 2. The number of aromatic nitrogens is 2. The first-order valence-corrected chi connectivity index (χ1v) is 8.38. The van der Waals surface area contributed by atoms with Gasteiger partial charge in [0.15, 0.2) is 5.69 Å². The van der Waals surface area contributed by atoms with Crippen LogP contribution in [0.1, 0.15) is 54.5 Å². The average molecular weight is 329 g/mol. The van der Waals surface area contributed by atoms with Crippen LogP contribution >= 0.6 is 0 Å². The van der Waals surface area contributed by atoms with Crippen molar-refractivity contribution < 1.29 is 14.4 Å². The van der Waals surface area contributed by atoms with E-state index in [2.05, 4.69) is 15.5 Å². The van der Waals surface area contributed by atoms with Crippen LogP contribution in [0.5, 0.6) is 0 Å². The van der Waals surface area contributed by atoms with E-state index in [4.69, 9.17) is 4.52 Å². The molecule has 1 aliphatic carbocycles. The number of rotatable bonds is 6. The number of amides is 1. The fraction of sp³-hybridized carbons (Fsp3) is 0.500. The molecule has 2 N–H and O–H groups in total. The molecule has 0 saturated heterocycles. The maximum atomic E-state index is 12.5. The van der Waals surface area contributed by atoms with Crippen molar-refractivity contribution in [1.29, 1.82) is 0 Å². The molecular weight excluding hydrogens is 306 g/mol. The van der Waals surface area contributed by atoms with Gasteiger partial charge < -0.3 is 14.9 Å². The van der Waals surface area contributed by atoms with Crippen molar-refractivity contribution in [1.82, 2.24) is 15.5 Å². The average Bonchev–Trinajstić information content (AvgIpc) is 3.02. The van der Waals surface area contributed by atoms with Gasteiger partial charge in [-0.15, -0.1) is 0 Å². The normalized spacial score (nSPS) is 21.3. The van der Waals surface area contributed by atoms with E-state index in [0.29, 0.717) is 30.7 Å². The third kappa shape index (κ3) is 3.82. The van der Waals surface area contributed by atoms with Gasteiger partial charge in [-0.3, -0.25) is 9.78 Å². The van der Waals surface area contributed by atoms with Crippen LogP contribution < -0.4 is 5.32 Å². The van der Waals surface area contributed by atoms with Crippen LogP contribution in [0.4, 0.5) is 0 Å². The first kappa shape index (κ1) is 16.6. The largest absolute Gasteiger partial charge is 0.393 e. The summed E-state index contributed by atoms with van der Waals surface area (Å²) in [7, 11) is 0. The molecule has 1 saturated carbocycles. The van der Waals surface area contributed by atoms with E-state index in [9.17, 15) is 9.90 Å². The Bertz CT molecular complexity index is 678. The van der Waals surface area contributed by atoms with Crippen molar-refractivity contribution in [2.75, 3.05) is 0 Å². The molecule has 2 aromatic rings. The number of nitrogens with one attached hydrogen (secondary N) is 1. The Kier molecular flexibility index (Phi) is 4.94. The zero-order valence-corrected chi connectivity index (χ0v) is 14.0. The van der Waals surface area contributed by atoms with Crippen LogP contribution in [-0.4, -0.2) is 33.3 Å². The van der Waals surface area contributed by atoms with Gasteiger partial charge in [0.2, 0.25) is 0 Å². The summed E-state index contributed by atoms with van der Waals surface area (Å²) in [5.74, 6) is 0.890. The van der Waals surface area contributed by atoms with Gasteiger partial charge in [0.25, 0.3) is 5.91 Å². The molecule has 1 aliphatic rings. The molecule has 6 heteroatoms. The Labute approximate surface area is 141 Å². The van der Waals surface area contributed by atoms with Crippen molar-refractivity contribution in [3.8, 4) is 0 Å². The standard InChI is InChI=1S/C18H23N3O3/c1-11(2)17-10-16(21-24-17)18(23)20-15(12-7-14(22)8-12)9-13-5-3-4-6-19-13/h3-6,10-12,14-15,22H,7-9H2,1-2H3,(H,20,23). The van der Waals surface area contributed by atoms with Crippen molar-refractivity contribution in [2.45, 2.75) is 51.2 Å². The molecule has 2 aromatic heterocycles. The molecule has 3 rings (SSSR count). The second-order valence-electron chi connectivity index (χ2n) is 6.76. The van der Waals surface area contributed by atoms with Gasteiger partial charge in [-0.1, -0.05) is 25.1 Å². The van der Waals surface area contributed by atoms with Gasteiger partial charge in [0.05, 0.1) is 6.10 Å². The molecule has 0 spiro atoms. The molecule has 0 bridgehead atoms. The highest BCUT2D eigenvalue weighted by molar-refractivity contribution is 5.92. The van der Waals surface area contributed by atoms with Crippen LogP contribution in [-0.2, 0) is 6.42 Å². The Morgan fingerprint density at radius 3 is 2.79 bits per heavy atom. The molecule has 2 heterocycles. The third-order valence-electron chi connectivity index (χ3n) is 4.52. The van der Waals surface area contributed by atoms with Gasteiger partial charge in [0, 0.05) is 36.3 Å². The zero-order chi connectivity index (χ0) is 17.1. The van der Waals surface area contributed by atoms with E-state index >= 15 is 0 Å². The molecule has 6 nitrogen and oxygen atoms in total. The molecule has 24 heavy (non-hydrogen) atoms. The molecule has 0 radical (unpaired) electrons. The summed E-state index contributed by atoms with van der Waals surface area (Å²) in [5, 5.41) is 16.5. The van der Waals surface area contributed by atoms with Gasteiger partial charge in [-0.05, 0) is 30.9 Å². The number of nitrogens with zero attached hydrogens (tertiary/aromatic N) is 2. The lowest BCUT2D eigenvalue weighted by Gasteiger charge is -2.37.